The van der Waals surface area contributed by atoms with Crippen molar-refractivity contribution < 1.29 is 14.9 Å². The van der Waals surface area contributed by atoms with Gasteiger partial charge in [-0.3, -0.25) is 0 Å². The van der Waals surface area contributed by atoms with E-state index in [9.17, 15) is 0 Å². The molecule has 0 unspecified atom stereocenters. The molecule has 0 aromatic heterocycles. The van der Waals surface area contributed by atoms with Gasteiger partial charge in [0.25, 0.3) is 0 Å². The maximum absolute atomic E-state index is 8.09. The summed E-state index contributed by atoms with van der Waals surface area (Å²) in [4.78, 5) is 0. The van der Waals surface area contributed by atoms with E-state index < -0.39 is 0 Å². The molecule has 0 aromatic rings. The highest BCUT2D eigenvalue weighted by molar-refractivity contribution is 4.87. The third-order valence-corrected chi connectivity index (χ3v) is 0.825. The van der Waals surface area contributed by atoms with E-state index in [0.29, 0.717) is 13.2 Å². The molecule has 0 atom stereocenters. The van der Waals surface area contributed by atoms with Crippen LogP contribution in [0.2, 0.25) is 0 Å². The summed E-state index contributed by atoms with van der Waals surface area (Å²) in [6.07, 6.45) is 0. The minimum absolute atomic E-state index is 0.0278. The van der Waals surface area contributed by atoms with Crippen molar-refractivity contribution in [3.8, 4) is 0 Å². The van der Waals surface area contributed by atoms with E-state index in [2.05, 4.69) is 17.0 Å². The predicted octanol–water partition coefficient (Wildman–Crippen LogP) is 0.725. The van der Waals surface area contributed by atoms with Crippen LogP contribution in [-0.4, -0.2) is 36.6 Å². The predicted molar refractivity (Wildman–Crippen MR) is 49.0 cm³/mol. The molecule has 0 aromatic carbocycles. The molecule has 0 aliphatic carbocycles. The average Bonchev–Trinajstić information content (AvgIpc) is 2.07. The standard InChI is InChI=1S/C5H8.C4H10O3/c1-4-5(2)3;5-1-3-7-4-2-6/h1H2,2-3H3;5-6H,1-4H2. The molecule has 0 aliphatic heterocycles. The molecule has 0 bridgehead atoms. The van der Waals surface area contributed by atoms with Crippen LogP contribution in [-0.2, 0) is 4.74 Å². The lowest BCUT2D eigenvalue weighted by Crippen LogP contribution is -2.03. The van der Waals surface area contributed by atoms with E-state index in [1.54, 1.807) is 0 Å². The molecule has 3 nitrogen and oxygen atoms in total. The van der Waals surface area contributed by atoms with Crippen LogP contribution in [0.5, 0.6) is 0 Å². The van der Waals surface area contributed by atoms with E-state index in [4.69, 9.17) is 10.2 Å². The van der Waals surface area contributed by atoms with Gasteiger partial charge in [0.1, 0.15) is 0 Å². The van der Waals surface area contributed by atoms with Crippen molar-refractivity contribution in [2.75, 3.05) is 26.4 Å². The lowest BCUT2D eigenvalue weighted by atomic mass is 10.4. The van der Waals surface area contributed by atoms with Crippen LogP contribution in [0.4, 0.5) is 0 Å². The quantitative estimate of drug-likeness (QED) is 0.488. The summed E-state index contributed by atoms with van der Waals surface area (Å²) in [6, 6.07) is 0. The molecule has 0 spiro atoms. The van der Waals surface area contributed by atoms with E-state index >= 15 is 0 Å². The smallest absolute Gasteiger partial charge is 0.0698 e. The zero-order valence-corrected chi connectivity index (χ0v) is 7.84. The molecule has 0 heterocycles. The van der Waals surface area contributed by atoms with Crippen LogP contribution >= 0.6 is 0 Å². The fourth-order valence-electron chi connectivity index (χ4n) is 0.231. The number of aliphatic hydroxyl groups is 2. The molecule has 0 fully saturated rings. The summed E-state index contributed by atoms with van der Waals surface area (Å²) in [5.74, 6) is 0. The summed E-state index contributed by atoms with van der Waals surface area (Å²) in [7, 11) is 0. The van der Waals surface area contributed by atoms with E-state index in [0.717, 1.165) is 5.57 Å². The number of rotatable bonds is 4. The van der Waals surface area contributed by atoms with Gasteiger partial charge in [0.2, 0.25) is 0 Å². The van der Waals surface area contributed by atoms with Gasteiger partial charge < -0.3 is 14.9 Å². The summed E-state index contributed by atoms with van der Waals surface area (Å²) in [5.41, 5.74) is 3.84. The third-order valence-electron chi connectivity index (χ3n) is 0.825. The lowest BCUT2D eigenvalue weighted by Gasteiger charge is -1.94. The van der Waals surface area contributed by atoms with Crippen LogP contribution in [0.3, 0.4) is 0 Å². The Balaban J connectivity index is 0. The highest BCUT2D eigenvalue weighted by Crippen LogP contribution is 1.77. The zero-order valence-electron chi connectivity index (χ0n) is 7.84. The fourth-order valence-corrected chi connectivity index (χ4v) is 0.231. The van der Waals surface area contributed by atoms with Crippen molar-refractivity contribution >= 4 is 0 Å². The van der Waals surface area contributed by atoms with Crippen molar-refractivity contribution in [3.63, 3.8) is 0 Å². The molecule has 0 aliphatic rings. The lowest BCUT2D eigenvalue weighted by molar-refractivity contribution is 0.0650. The Bertz CT molecular complexity index is 118. The normalized spacial score (nSPS) is 8.00. The van der Waals surface area contributed by atoms with Gasteiger partial charge in [-0.2, -0.15) is 0 Å². The van der Waals surface area contributed by atoms with Gasteiger partial charge in [0, 0.05) is 0 Å². The van der Waals surface area contributed by atoms with Crippen molar-refractivity contribution in [2.45, 2.75) is 13.8 Å². The Morgan fingerprint density at radius 1 is 1.25 bits per heavy atom. The Hall–Kier alpha value is -0.600. The van der Waals surface area contributed by atoms with Gasteiger partial charge in [0.05, 0.1) is 26.4 Å². The second-order valence-corrected chi connectivity index (χ2v) is 2.24. The van der Waals surface area contributed by atoms with Gasteiger partial charge in [-0.1, -0.05) is 6.58 Å². The molecule has 0 rings (SSSR count). The molecule has 3 heteroatoms. The Morgan fingerprint density at radius 3 is 1.75 bits per heavy atom. The number of hydrogen-bond acceptors (Lipinski definition) is 3. The first-order chi connectivity index (χ1) is 5.68. The fraction of sp³-hybridized carbons (Fsp3) is 0.667. The Kier molecular flexibility index (Phi) is 15.1. The van der Waals surface area contributed by atoms with Crippen LogP contribution in [0.15, 0.2) is 17.9 Å². The monoisotopic (exact) mass is 174 g/mol. The van der Waals surface area contributed by atoms with Crippen LogP contribution < -0.4 is 0 Å². The van der Waals surface area contributed by atoms with Crippen LogP contribution in [0, 0.1) is 0 Å². The third kappa shape index (κ3) is 22.7. The SMILES string of the molecule is C=C=C(C)C.OCCOCCO. The Labute approximate surface area is 74.0 Å². The minimum atomic E-state index is 0.0278. The van der Waals surface area contributed by atoms with E-state index in [1.807, 2.05) is 13.8 Å². The van der Waals surface area contributed by atoms with Crippen LogP contribution in [0.25, 0.3) is 0 Å². The largest absolute Gasteiger partial charge is 0.394 e. The topological polar surface area (TPSA) is 49.7 Å². The van der Waals surface area contributed by atoms with Crippen molar-refractivity contribution in [1.29, 1.82) is 0 Å². The first-order valence-electron chi connectivity index (χ1n) is 3.81. The van der Waals surface area contributed by atoms with Gasteiger partial charge in [0.15, 0.2) is 0 Å². The molecule has 0 saturated carbocycles. The maximum Gasteiger partial charge on any atom is 0.0698 e. The second kappa shape index (κ2) is 13.0. The second-order valence-electron chi connectivity index (χ2n) is 2.24. The first kappa shape index (κ1) is 14.0. The molecular weight excluding hydrogens is 156 g/mol. The summed E-state index contributed by atoms with van der Waals surface area (Å²) in [6.45, 7) is 8.02. The van der Waals surface area contributed by atoms with Gasteiger partial charge in [-0.15, -0.1) is 5.73 Å². The maximum atomic E-state index is 8.09. The number of allylic oxidation sites excluding steroid dienone is 1. The summed E-state index contributed by atoms with van der Waals surface area (Å²) in [5, 5.41) is 16.2. The summed E-state index contributed by atoms with van der Waals surface area (Å²) >= 11 is 0. The van der Waals surface area contributed by atoms with Crippen molar-refractivity contribution in [3.05, 3.63) is 17.9 Å². The highest BCUT2D eigenvalue weighted by Gasteiger charge is 1.79. The highest BCUT2D eigenvalue weighted by atomic mass is 16.5. The van der Waals surface area contributed by atoms with Crippen molar-refractivity contribution in [2.24, 2.45) is 0 Å². The van der Waals surface area contributed by atoms with Gasteiger partial charge in [-0.25, -0.2) is 0 Å². The molecule has 2 N–H and O–H groups in total. The van der Waals surface area contributed by atoms with E-state index in [-0.39, 0.29) is 13.2 Å². The minimum Gasteiger partial charge on any atom is -0.394 e. The molecular formula is C9H18O3. The first-order valence-corrected chi connectivity index (χ1v) is 3.81. The molecule has 0 saturated heterocycles. The van der Waals surface area contributed by atoms with Crippen molar-refractivity contribution in [1.82, 2.24) is 0 Å². The number of hydrogen-bond donors (Lipinski definition) is 2. The molecule has 12 heavy (non-hydrogen) atoms. The van der Waals surface area contributed by atoms with Gasteiger partial charge >= 0.3 is 0 Å². The number of aliphatic hydroxyl groups excluding tert-OH is 2. The zero-order chi connectivity index (χ0) is 9.82. The van der Waals surface area contributed by atoms with Gasteiger partial charge in [-0.05, 0) is 19.4 Å². The molecule has 0 amide bonds. The molecule has 0 radical (unpaired) electrons. The average molecular weight is 174 g/mol. The van der Waals surface area contributed by atoms with E-state index in [1.165, 1.54) is 0 Å². The summed E-state index contributed by atoms with van der Waals surface area (Å²) < 4.78 is 4.63. The number of ether oxygens (including phenoxy) is 1. The molecule has 72 valence electrons. The van der Waals surface area contributed by atoms with Crippen LogP contribution in [0.1, 0.15) is 13.8 Å². The Morgan fingerprint density at radius 2 is 1.58 bits per heavy atom.